The number of nitrogens with zero attached hydrogens (tertiary/aromatic N) is 2. The number of methoxy groups -OCH3 is 1. The van der Waals surface area contributed by atoms with E-state index in [0.717, 1.165) is 0 Å². The summed E-state index contributed by atoms with van der Waals surface area (Å²) in [5.74, 6) is -1.32. The Morgan fingerprint density at radius 2 is 1.67 bits per heavy atom. The van der Waals surface area contributed by atoms with Gasteiger partial charge in [-0.05, 0) is 20.9 Å². The highest BCUT2D eigenvalue weighted by Crippen LogP contribution is 2.13. The average Bonchev–Trinajstić information content (AvgIpc) is 2.23. The first-order valence-corrected chi connectivity index (χ1v) is 5.06. The predicted octanol–water partition coefficient (Wildman–Crippen LogP) is -0.290. The van der Waals surface area contributed by atoms with Crippen molar-refractivity contribution in [3.8, 4) is 0 Å². The van der Waals surface area contributed by atoms with E-state index in [0.29, 0.717) is 13.1 Å². The molecular weight excluding hydrogens is 196 g/mol. The van der Waals surface area contributed by atoms with Crippen molar-refractivity contribution in [3.63, 3.8) is 0 Å². The van der Waals surface area contributed by atoms with E-state index in [-0.39, 0.29) is 12.1 Å². The molecule has 0 radical (unpaired) electrons. The predicted molar refractivity (Wildman–Crippen MR) is 55.3 cm³/mol. The number of amides is 1. The van der Waals surface area contributed by atoms with E-state index in [1.165, 1.54) is 7.11 Å². The zero-order valence-corrected chi connectivity index (χ0v) is 9.69. The van der Waals surface area contributed by atoms with Crippen LogP contribution in [-0.2, 0) is 14.3 Å². The van der Waals surface area contributed by atoms with Gasteiger partial charge in [-0.1, -0.05) is 0 Å². The normalized spacial score (nSPS) is 27.6. The first-order chi connectivity index (χ1) is 6.97. The second-order valence-corrected chi connectivity index (χ2v) is 4.07. The smallest absolute Gasteiger partial charge is 0.396 e. The van der Waals surface area contributed by atoms with Gasteiger partial charge >= 0.3 is 11.9 Å². The number of hydrogen-bond donors (Lipinski definition) is 0. The maximum atomic E-state index is 11.6. The van der Waals surface area contributed by atoms with Gasteiger partial charge in [-0.3, -0.25) is 9.69 Å². The summed E-state index contributed by atoms with van der Waals surface area (Å²) in [6, 6.07) is 0.532. The van der Waals surface area contributed by atoms with E-state index in [2.05, 4.69) is 9.64 Å². The van der Waals surface area contributed by atoms with Crippen molar-refractivity contribution >= 4 is 11.9 Å². The van der Waals surface area contributed by atoms with Crippen molar-refractivity contribution in [2.45, 2.75) is 25.9 Å². The van der Waals surface area contributed by atoms with Crippen molar-refractivity contribution in [3.05, 3.63) is 0 Å². The van der Waals surface area contributed by atoms with Gasteiger partial charge in [0.15, 0.2) is 0 Å². The highest BCUT2D eigenvalue weighted by Gasteiger charge is 2.32. The summed E-state index contributed by atoms with van der Waals surface area (Å²) in [7, 11) is 3.25. The number of esters is 1. The van der Waals surface area contributed by atoms with E-state index in [1.54, 1.807) is 4.90 Å². The maximum absolute atomic E-state index is 11.6. The first-order valence-electron chi connectivity index (χ1n) is 5.06. The average molecular weight is 214 g/mol. The minimum absolute atomic E-state index is 0.266. The topological polar surface area (TPSA) is 49.9 Å². The van der Waals surface area contributed by atoms with Gasteiger partial charge in [0.25, 0.3) is 0 Å². The molecule has 0 N–H and O–H groups in total. The van der Waals surface area contributed by atoms with E-state index in [1.807, 2.05) is 20.9 Å². The fourth-order valence-electron chi connectivity index (χ4n) is 1.79. The third-order valence-corrected chi connectivity index (χ3v) is 3.01. The highest BCUT2D eigenvalue weighted by molar-refractivity contribution is 6.32. The van der Waals surface area contributed by atoms with Gasteiger partial charge in [-0.2, -0.15) is 0 Å². The van der Waals surface area contributed by atoms with Crippen molar-refractivity contribution in [1.29, 1.82) is 0 Å². The number of carbonyl (C=O) groups is 2. The van der Waals surface area contributed by atoms with Crippen molar-refractivity contribution < 1.29 is 14.3 Å². The first kappa shape index (κ1) is 12.0. The molecule has 0 aromatic carbocycles. The van der Waals surface area contributed by atoms with Crippen LogP contribution in [-0.4, -0.2) is 61.0 Å². The van der Waals surface area contributed by atoms with Crippen LogP contribution in [0.2, 0.25) is 0 Å². The minimum atomic E-state index is -0.779. The molecule has 5 nitrogen and oxygen atoms in total. The summed E-state index contributed by atoms with van der Waals surface area (Å²) >= 11 is 0. The third-order valence-electron chi connectivity index (χ3n) is 3.01. The van der Waals surface area contributed by atoms with Crippen LogP contribution >= 0.6 is 0 Å². The lowest BCUT2D eigenvalue weighted by Gasteiger charge is -2.41. The largest absolute Gasteiger partial charge is 0.462 e. The van der Waals surface area contributed by atoms with Crippen LogP contribution in [0.5, 0.6) is 0 Å². The molecular formula is C10H18N2O3. The molecule has 5 heteroatoms. The molecule has 0 aromatic heterocycles. The number of likely N-dealkylation sites (N-methyl/N-ethyl adjacent to an activating group) is 1. The zero-order chi connectivity index (χ0) is 11.6. The molecule has 0 spiro atoms. The lowest BCUT2D eigenvalue weighted by Crippen LogP contribution is -2.57. The second-order valence-electron chi connectivity index (χ2n) is 4.07. The van der Waals surface area contributed by atoms with Crippen molar-refractivity contribution in [2.24, 2.45) is 0 Å². The lowest BCUT2D eigenvalue weighted by molar-refractivity contribution is -0.160. The SMILES string of the molecule is COC(=O)C(=O)N1CC(C)N(C)C(C)C1. The number of hydrogen-bond acceptors (Lipinski definition) is 4. The van der Waals surface area contributed by atoms with E-state index < -0.39 is 11.9 Å². The summed E-state index contributed by atoms with van der Waals surface area (Å²) in [6.07, 6.45) is 0. The molecule has 0 bridgehead atoms. The second kappa shape index (κ2) is 4.61. The van der Waals surface area contributed by atoms with Crippen LogP contribution in [0.15, 0.2) is 0 Å². The van der Waals surface area contributed by atoms with Crippen LogP contribution in [0.1, 0.15) is 13.8 Å². The Kier molecular flexibility index (Phi) is 3.68. The van der Waals surface area contributed by atoms with Crippen LogP contribution in [0, 0.1) is 0 Å². The van der Waals surface area contributed by atoms with E-state index >= 15 is 0 Å². The van der Waals surface area contributed by atoms with Crippen LogP contribution in [0.3, 0.4) is 0 Å². The van der Waals surface area contributed by atoms with E-state index in [4.69, 9.17) is 0 Å². The van der Waals surface area contributed by atoms with E-state index in [9.17, 15) is 9.59 Å². The number of carbonyl (C=O) groups excluding carboxylic acids is 2. The third kappa shape index (κ3) is 2.47. The summed E-state index contributed by atoms with van der Waals surface area (Å²) in [5.41, 5.74) is 0. The number of rotatable bonds is 0. The van der Waals surface area contributed by atoms with Gasteiger partial charge < -0.3 is 9.64 Å². The zero-order valence-electron chi connectivity index (χ0n) is 9.69. The van der Waals surface area contributed by atoms with Gasteiger partial charge in [0.2, 0.25) is 0 Å². The summed E-state index contributed by atoms with van der Waals surface area (Å²) in [6.45, 7) is 5.23. The molecule has 0 saturated carbocycles. The summed E-state index contributed by atoms with van der Waals surface area (Å²) < 4.78 is 4.42. The molecule has 86 valence electrons. The molecule has 1 aliphatic rings. The molecule has 1 saturated heterocycles. The van der Waals surface area contributed by atoms with Gasteiger partial charge in [0.05, 0.1) is 7.11 Å². The Morgan fingerprint density at radius 3 is 2.07 bits per heavy atom. The number of ether oxygens (including phenoxy) is 1. The highest BCUT2D eigenvalue weighted by atomic mass is 16.5. The van der Waals surface area contributed by atoms with Gasteiger partial charge in [-0.15, -0.1) is 0 Å². The Labute approximate surface area is 90.0 Å². The van der Waals surface area contributed by atoms with Gasteiger partial charge in [0.1, 0.15) is 0 Å². The summed E-state index contributed by atoms with van der Waals surface area (Å²) in [5, 5.41) is 0. The minimum Gasteiger partial charge on any atom is -0.462 e. The Hall–Kier alpha value is -1.10. The summed E-state index contributed by atoms with van der Waals surface area (Å²) in [4.78, 5) is 26.4. The van der Waals surface area contributed by atoms with Crippen LogP contribution < -0.4 is 0 Å². The Bertz CT molecular complexity index is 255. The molecule has 1 heterocycles. The molecule has 15 heavy (non-hydrogen) atoms. The Morgan fingerprint density at radius 1 is 1.20 bits per heavy atom. The monoisotopic (exact) mass is 214 g/mol. The van der Waals surface area contributed by atoms with Gasteiger partial charge in [-0.25, -0.2) is 4.79 Å². The quantitative estimate of drug-likeness (QED) is 0.411. The van der Waals surface area contributed by atoms with Crippen LogP contribution in [0.25, 0.3) is 0 Å². The molecule has 2 unspecified atom stereocenters. The molecule has 2 atom stereocenters. The van der Waals surface area contributed by atoms with Crippen molar-refractivity contribution in [2.75, 3.05) is 27.2 Å². The molecule has 1 aliphatic heterocycles. The standard InChI is InChI=1S/C10H18N2O3/c1-7-5-12(6-8(2)11(7)3)9(13)10(14)15-4/h7-8H,5-6H2,1-4H3. The molecule has 1 fully saturated rings. The fraction of sp³-hybridized carbons (Fsp3) is 0.800. The van der Waals surface area contributed by atoms with Crippen molar-refractivity contribution in [1.82, 2.24) is 9.80 Å². The Balaban J connectivity index is 2.65. The maximum Gasteiger partial charge on any atom is 0.396 e. The number of piperazine rings is 1. The molecule has 0 aromatic rings. The molecule has 1 rings (SSSR count). The fourth-order valence-corrected chi connectivity index (χ4v) is 1.79. The van der Waals surface area contributed by atoms with Crippen LogP contribution in [0.4, 0.5) is 0 Å². The molecule has 0 aliphatic carbocycles. The lowest BCUT2D eigenvalue weighted by atomic mass is 10.1. The van der Waals surface area contributed by atoms with Gasteiger partial charge in [0, 0.05) is 25.2 Å². The molecule has 1 amide bonds.